The fourth-order valence-electron chi connectivity index (χ4n) is 2.48. The lowest BCUT2D eigenvalue weighted by Gasteiger charge is -2.02. The molecular weight excluding hydrogens is 340 g/mol. The monoisotopic (exact) mass is 354 g/mol. The van der Waals surface area contributed by atoms with Crippen LogP contribution in [0.5, 0.6) is 0 Å². The van der Waals surface area contributed by atoms with Crippen molar-refractivity contribution in [2.75, 3.05) is 0 Å². The third-order valence-corrected chi connectivity index (χ3v) is 4.57. The second kappa shape index (κ2) is 6.10. The van der Waals surface area contributed by atoms with Crippen molar-refractivity contribution < 1.29 is 9.53 Å². The molecule has 4 aromatic heterocycles. The molecule has 0 aliphatic rings. The molecule has 0 radical (unpaired) electrons. The standard InChI is InChI=1S/C16H14N6O2S/c1-10-13(14-17-4-3-5-22(14)20-10)16(23)24-8-12-9-25-15(19-12)11-6-18-21(2)7-11/h3-7,9H,8H2,1-2H3. The van der Waals surface area contributed by atoms with E-state index >= 15 is 0 Å². The summed E-state index contributed by atoms with van der Waals surface area (Å²) >= 11 is 1.49. The molecule has 0 saturated carbocycles. The van der Waals surface area contributed by atoms with E-state index in [0.29, 0.717) is 22.6 Å². The van der Waals surface area contributed by atoms with E-state index in [1.165, 1.54) is 11.3 Å². The zero-order valence-corrected chi connectivity index (χ0v) is 14.4. The van der Waals surface area contributed by atoms with Crippen LogP contribution >= 0.6 is 11.3 Å². The van der Waals surface area contributed by atoms with E-state index in [2.05, 4.69) is 20.2 Å². The summed E-state index contributed by atoms with van der Waals surface area (Å²) in [6.07, 6.45) is 7.01. The Morgan fingerprint density at radius 1 is 1.40 bits per heavy atom. The van der Waals surface area contributed by atoms with Crippen LogP contribution in [0, 0.1) is 6.92 Å². The number of carbonyl (C=O) groups is 1. The Bertz CT molecular complexity index is 1060. The third-order valence-electron chi connectivity index (χ3n) is 3.63. The summed E-state index contributed by atoms with van der Waals surface area (Å²) in [4.78, 5) is 21.1. The lowest BCUT2D eigenvalue weighted by atomic mass is 10.2. The maximum atomic E-state index is 12.4. The molecule has 8 nitrogen and oxygen atoms in total. The van der Waals surface area contributed by atoms with Crippen LogP contribution in [-0.4, -0.2) is 35.3 Å². The van der Waals surface area contributed by atoms with Crippen molar-refractivity contribution in [3.8, 4) is 10.6 Å². The van der Waals surface area contributed by atoms with Gasteiger partial charge in [-0.1, -0.05) is 0 Å². The van der Waals surface area contributed by atoms with Gasteiger partial charge in [-0.05, 0) is 13.0 Å². The first-order chi connectivity index (χ1) is 12.1. The Labute approximate surface area is 146 Å². The molecule has 0 spiro atoms. The Morgan fingerprint density at radius 2 is 2.28 bits per heavy atom. The number of hydrogen-bond acceptors (Lipinski definition) is 7. The predicted molar refractivity (Wildman–Crippen MR) is 91.2 cm³/mol. The van der Waals surface area contributed by atoms with Crippen LogP contribution in [0.15, 0.2) is 36.2 Å². The van der Waals surface area contributed by atoms with Gasteiger partial charge in [-0.15, -0.1) is 11.3 Å². The summed E-state index contributed by atoms with van der Waals surface area (Å²) in [7, 11) is 1.85. The Hall–Kier alpha value is -3.07. The normalized spacial score (nSPS) is 11.1. The minimum atomic E-state index is -0.456. The SMILES string of the molecule is Cc1nn2cccnc2c1C(=O)OCc1csc(-c2cnn(C)c2)n1. The fourth-order valence-corrected chi connectivity index (χ4v) is 3.26. The van der Waals surface area contributed by atoms with Crippen molar-refractivity contribution in [1.29, 1.82) is 0 Å². The second-order valence-electron chi connectivity index (χ2n) is 5.47. The number of thiazole rings is 1. The van der Waals surface area contributed by atoms with Gasteiger partial charge in [0.2, 0.25) is 0 Å². The van der Waals surface area contributed by atoms with Crippen molar-refractivity contribution in [3.05, 3.63) is 53.2 Å². The zero-order valence-electron chi connectivity index (χ0n) is 13.6. The maximum Gasteiger partial charge on any atom is 0.344 e. The first kappa shape index (κ1) is 15.5. The molecule has 0 aromatic carbocycles. The highest BCUT2D eigenvalue weighted by Crippen LogP contribution is 2.23. The van der Waals surface area contributed by atoms with Crippen LogP contribution in [0.4, 0.5) is 0 Å². The average Bonchev–Trinajstić information content (AvgIpc) is 3.30. The molecule has 0 aliphatic carbocycles. The van der Waals surface area contributed by atoms with E-state index in [9.17, 15) is 4.79 Å². The zero-order chi connectivity index (χ0) is 17.4. The molecule has 0 unspecified atom stereocenters. The van der Waals surface area contributed by atoms with Gasteiger partial charge in [0.15, 0.2) is 5.65 Å². The Morgan fingerprint density at radius 3 is 3.08 bits per heavy atom. The van der Waals surface area contributed by atoms with E-state index in [1.807, 2.05) is 18.6 Å². The molecule has 0 atom stereocenters. The van der Waals surface area contributed by atoms with Gasteiger partial charge in [0, 0.05) is 36.6 Å². The third kappa shape index (κ3) is 2.89. The smallest absolute Gasteiger partial charge is 0.344 e. The Balaban J connectivity index is 1.50. The molecule has 0 bridgehead atoms. The number of esters is 1. The van der Waals surface area contributed by atoms with E-state index in [1.54, 1.807) is 40.8 Å². The highest BCUT2D eigenvalue weighted by atomic mass is 32.1. The summed E-state index contributed by atoms with van der Waals surface area (Å²) < 4.78 is 8.69. The van der Waals surface area contributed by atoms with Crippen molar-refractivity contribution in [1.82, 2.24) is 29.4 Å². The van der Waals surface area contributed by atoms with E-state index in [0.717, 1.165) is 10.6 Å². The second-order valence-corrected chi connectivity index (χ2v) is 6.33. The molecule has 25 heavy (non-hydrogen) atoms. The van der Waals surface area contributed by atoms with Gasteiger partial charge < -0.3 is 4.74 Å². The molecule has 4 rings (SSSR count). The fraction of sp³-hybridized carbons (Fsp3) is 0.188. The van der Waals surface area contributed by atoms with Gasteiger partial charge >= 0.3 is 5.97 Å². The molecule has 4 aromatic rings. The molecule has 0 saturated heterocycles. The maximum absolute atomic E-state index is 12.4. The lowest BCUT2D eigenvalue weighted by Crippen LogP contribution is -2.07. The summed E-state index contributed by atoms with van der Waals surface area (Å²) in [5.41, 5.74) is 3.08. The van der Waals surface area contributed by atoms with Crippen LogP contribution in [0.3, 0.4) is 0 Å². The molecule has 9 heteroatoms. The molecule has 0 amide bonds. The number of nitrogens with zero attached hydrogens (tertiary/aromatic N) is 6. The number of carbonyl (C=O) groups excluding carboxylic acids is 1. The highest BCUT2D eigenvalue weighted by Gasteiger charge is 2.20. The molecule has 126 valence electrons. The first-order valence-electron chi connectivity index (χ1n) is 7.52. The summed E-state index contributed by atoms with van der Waals surface area (Å²) in [6.45, 7) is 1.85. The van der Waals surface area contributed by atoms with Crippen LogP contribution in [0.1, 0.15) is 21.7 Å². The summed E-state index contributed by atoms with van der Waals surface area (Å²) in [5, 5.41) is 11.1. The van der Waals surface area contributed by atoms with Crippen LogP contribution in [0.2, 0.25) is 0 Å². The molecule has 4 heterocycles. The number of rotatable bonds is 4. The van der Waals surface area contributed by atoms with Crippen molar-refractivity contribution in [3.63, 3.8) is 0 Å². The Kier molecular flexibility index (Phi) is 3.77. The molecule has 0 aliphatic heterocycles. The van der Waals surface area contributed by atoms with Gasteiger partial charge in [-0.3, -0.25) is 4.68 Å². The number of aryl methyl sites for hydroxylation is 2. The van der Waals surface area contributed by atoms with Crippen molar-refractivity contribution >= 4 is 23.0 Å². The van der Waals surface area contributed by atoms with Gasteiger partial charge in [0.25, 0.3) is 0 Å². The number of hydrogen-bond donors (Lipinski definition) is 0. The summed E-state index contributed by atoms with van der Waals surface area (Å²) in [6, 6.07) is 1.75. The minimum absolute atomic E-state index is 0.0964. The van der Waals surface area contributed by atoms with Gasteiger partial charge in [0.05, 0.1) is 17.6 Å². The lowest BCUT2D eigenvalue weighted by molar-refractivity contribution is 0.0469. The largest absolute Gasteiger partial charge is 0.455 e. The predicted octanol–water partition coefficient (Wildman–Crippen LogP) is 2.25. The van der Waals surface area contributed by atoms with Crippen LogP contribution in [-0.2, 0) is 18.4 Å². The topological polar surface area (TPSA) is 87.2 Å². The van der Waals surface area contributed by atoms with Crippen molar-refractivity contribution in [2.45, 2.75) is 13.5 Å². The van der Waals surface area contributed by atoms with Gasteiger partial charge in [-0.25, -0.2) is 19.3 Å². The molecular formula is C16H14N6O2S. The van der Waals surface area contributed by atoms with Crippen molar-refractivity contribution in [2.24, 2.45) is 7.05 Å². The highest BCUT2D eigenvalue weighted by molar-refractivity contribution is 7.13. The summed E-state index contributed by atoms with van der Waals surface area (Å²) in [5.74, 6) is -0.456. The minimum Gasteiger partial charge on any atom is -0.455 e. The average molecular weight is 354 g/mol. The van der Waals surface area contributed by atoms with Gasteiger partial charge in [-0.2, -0.15) is 10.2 Å². The van der Waals surface area contributed by atoms with Gasteiger partial charge in [0.1, 0.15) is 17.2 Å². The van der Waals surface area contributed by atoms with Crippen LogP contribution < -0.4 is 0 Å². The quantitative estimate of drug-likeness (QED) is 0.522. The van der Waals surface area contributed by atoms with E-state index < -0.39 is 5.97 Å². The number of fused-ring (bicyclic) bond motifs is 1. The van der Waals surface area contributed by atoms with E-state index in [4.69, 9.17) is 4.74 Å². The molecule has 0 N–H and O–H groups in total. The number of aromatic nitrogens is 6. The molecule has 0 fully saturated rings. The van der Waals surface area contributed by atoms with Crippen LogP contribution in [0.25, 0.3) is 16.2 Å². The van der Waals surface area contributed by atoms with E-state index in [-0.39, 0.29) is 6.61 Å². The first-order valence-corrected chi connectivity index (χ1v) is 8.40. The number of ether oxygens (including phenoxy) is 1.